The summed E-state index contributed by atoms with van der Waals surface area (Å²) in [6, 6.07) is 13.2. The third-order valence-corrected chi connectivity index (χ3v) is 9.40. The Labute approximate surface area is 264 Å². The van der Waals surface area contributed by atoms with Crippen LogP contribution in [0.3, 0.4) is 0 Å². The average Bonchev–Trinajstić information content (AvgIpc) is 2.95. The number of phenols is 2. The summed E-state index contributed by atoms with van der Waals surface area (Å²) in [5.74, 6) is -1.40. The first-order valence-electron chi connectivity index (χ1n) is 12.2. The highest BCUT2D eigenvalue weighted by Crippen LogP contribution is 2.44. The van der Waals surface area contributed by atoms with Crippen molar-refractivity contribution in [2.45, 2.75) is 14.7 Å². The maximum absolute atomic E-state index is 12.1. The van der Waals surface area contributed by atoms with Crippen LogP contribution < -0.4 is 5.73 Å². The predicted octanol–water partition coefficient (Wildman–Crippen LogP) is 6.21. The fraction of sp³-hybridized carbons (Fsp3) is 0. The summed E-state index contributed by atoms with van der Waals surface area (Å²) < 4.78 is 99.3. The number of rotatable bonds is 7. The predicted molar refractivity (Wildman–Crippen MR) is 165 cm³/mol. The van der Waals surface area contributed by atoms with Crippen molar-refractivity contribution < 1.29 is 49.1 Å². The standard InChI is InChI=1S/C26H18ClN5O11S3/c27-17-10-20(31-29-14-4-5-15-12(6-14)2-1-3-22(15)44(35,36)37)21(33)11-19(17)30-32-25-24(46(41,42)43)8-13-7-23(45(38,39)40)18(28)9-16(13)26(25)34/h1-11,33-34H,28H2,(H,35,36,37)(H,38,39,40)(H,41,42,43). The van der Waals surface area contributed by atoms with Crippen molar-refractivity contribution in [3.8, 4) is 11.5 Å². The number of hydrogen-bond donors (Lipinski definition) is 6. The number of fused-ring (bicyclic) bond motifs is 2. The van der Waals surface area contributed by atoms with Crippen molar-refractivity contribution in [1.29, 1.82) is 0 Å². The van der Waals surface area contributed by atoms with Gasteiger partial charge in [-0.05, 0) is 53.2 Å². The molecule has 0 atom stereocenters. The molecule has 0 aliphatic carbocycles. The van der Waals surface area contributed by atoms with Gasteiger partial charge in [0.1, 0.15) is 37.5 Å². The van der Waals surface area contributed by atoms with E-state index < -0.39 is 63.0 Å². The monoisotopic (exact) mass is 707 g/mol. The van der Waals surface area contributed by atoms with E-state index in [1.807, 2.05) is 0 Å². The fourth-order valence-electron chi connectivity index (χ4n) is 4.35. The van der Waals surface area contributed by atoms with Crippen molar-refractivity contribution in [2.24, 2.45) is 20.5 Å². The zero-order valence-electron chi connectivity index (χ0n) is 22.5. The molecule has 0 spiro atoms. The lowest BCUT2D eigenvalue weighted by Crippen LogP contribution is -2.04. The second-order valence-corrected chi connectivity index (χ2v) is 14.0. The summed E-state index contributed by atoms with van der Waals surface area (Å²) in [6.07, 6.45) is 0. The smallest absolute Gasteiger partial charge is 0.296 e. The minimum atomic E-state index is -5.10. The van der Waals surface area contributed by atoms with Gasteiger partial charge in [-0.1, -0.05) is 29.8 Å². The zero-order chi connectivity index (χ0) is 33.8. The molecule has 0 bridgehead atoms. The van der Waals surface area contributed by atoms with Crippen LogP contribution in [-0.2, 0) is 30.4 Å². The molecule has 5 rings (SSSR count). The van der Waals surface area contributed by atoms with E-state index in [9.17, 15) is 49.1 Å². The topological polar surface area (TPSA) is 279 Å². The second kappa shape index (κ2) is 11.6. The molecule has 5 aromatic carbocycles. The number of halogens is 1. The molecule has 0 saturated heterocycles. The van der Waals surface area contributed by atoms with Gasteiger partial charge < -0.3 is 15.9 Å². The Morgan fingerprint density at radius 1 is 0.609 bits per heavy atom. The number of hydrogen-bond acceptors (Lipinski definition) is 13. The van der Waals surface area contributed by atoms with E-state index in [0.29, 0.717) is 5.39 Å². The van der Waals surface area contributed by atoms with Gasteiger partial charge in [-0.3, -0.25) is 13.7 Å². The molecule has 46 heavy (non-hydrogen) atoms. The quantitative estimate of drug-likeness (QED) is 0.0625. The van der Waals surface area contributed by atoms with Crippen LogP contribution in [0.15, 0.2) is 102 Å². The van der Waals surface area contributed by atoms with E-state index in [1.165, 1.54) is 30.3 Å². The Hall–Kier alpha value is -4.76. The summed E-state index contributed by atoms with van der Waals surface area (Å²) in [7, 11) is -14.4. The van der Waals surface area contributed by atoms with Gasteiger partial charge >= 0.3 is 0 Å². The van der Waals surface area contributed by atoms with E-state index in [0.717, 1.165) is 30.3 Å². The number of azo groups is 2. The summed E-state index contributed by atoms with van der Waals surface area (Å²) in [4.78, 5) is -2.06. The molecule has 7 N–H and O–H groups in total. The first-order chi connectivity index (χ1) is 21.3. The van der Waals surface area contributed by atoms with E-state index >= 15 is 0 Å². The van der Waals surface area contributed by atoms with Crippen LogP contribution in [0.5, 0.6) is 11.5 Å². The van der Waals surface area contributed by atoms with Crippen molar-refractivity contribution in [1.82, 2.24) is 0 Å². The van der Waals surface area contributed by atoms with E-state index in [-0.39, 0.29) is 43.1 Å². The molecule has 0 fully saturated rings. The van der Waals surface area contributed by atoms with Crippen molar-refractivity contribution in [3.05, 3.63) is 71.8 Å². The summed E-state index contributed by atoms with van der Waals surface area (Å²) in [5, 5.41) is 36.7. The molecule has 0 aromatic heterocycles. The number of benzene rings is 5. The molecular formula is C26H18ClN5O11S3. The molecule has 0 amide bonds. The second-order valence-electron chi connectivity index (χ2n) is 9.46. The Kier molecular flexibility index (Phi) is 8.19. The lowest BCUT2D eigenvalue weighted by molar-refractivity contribution is 0.471. The van der Waals surface area contributed by atoms with Crippen LogP contribution in [-0.4, -0.2) is 49.1 Å². The lowest BCUT2D eigenvalue weighted by Gasteiger charge is -2.11. The zero-order valence-corrected chi connectivity index (χ0v) is 25.7. The van der Waals surface area contributed by atoms with E-state index in [1.54, 1.807) is 6.07 Å². The SMILES string of the molecule is Nc1cc2c(O)c(N=Nc3cc(O)c(N=Nc4ccc5c(S(=O)(=O)O)cccc5c4)cc3Cl)c(S(=O)(=O)O)cc2cc1S(=O)(=O)O. The highest BCUT2D eigenvalue weighted by molar-refractivity contribution is 7.86. The number of aromatic hydroxyl groups is 2. The average molecular weight is 708 g/mol. The third kappa shape index (κ3) is 6.46. The molecule has 238 valence electrons. The van der Waals surface area contributed by atoms with Gasteiger partial charge in [-0.2, -0.15) is 30.4 Å². The number of nitrogens with zero attached hydrogens (tertiary/aromatic N) is 4. The highest BCUT2D eigenvalue weighted by Gasteiger charge is 2.25. The number of nitrogens with two attached hydrogens (primary N) is 1. The van der Waals surface area contributed by atoms with E-state index in [4.69, 9.17) is 17.3 Å². The Morgan fingerprint density at radius 2 is 1.24 bits per heavy atom. The molecule has 0 aliphatic heterocycles. The normalized spacial score (nSPS) is 13.0. The molecule has 0 saturated carbocycles. The highest BCUT2D eigenvalue weighted by atomic mass is 35.5. The van der Waals surface area contributed by atoms with Gasteiger partial charge in [0.15, 0.2) is 5.75 Å². The Balaban J connectivity index is 1.52. The lowest BCUT2D eigenvalue weighted by atomic mass is 10.1. The Morgan fingerprint density at radius 3 is 1.89 bits per heavy atom. The molecule has 16 nitrogen and oxygen atoms in total. The molecular weight excluding hydrogens is 690 g/mol. The van der Waals surface area contributed by atoms with Gasteiger partial charge in [0, 0.05) is 16.8 Å². The van der Waals surface area contributed by atoms with E-state index in [2.05, 4.69) is 20.5 Å². The maximum atomic E-state index is 12.1. The first kappa shape index (κ1) is 32.6. The molecule has 0 radical (unpaired) electrons. The van der Waals surface area contributed by atoms with Crippen molar-refractivity contribution in [2.75, 3.05) is 5.73 Å². The fourth-order valence-corrected chi connectivity index (χ4v) is 6.55. The number of anilines is 1. The van der Waals surface area contributed by atoms with Crippen LogP contribution in [0.4, 0.5) is 28.4 Å². The third-order valence-electron chi connectivity index (χ3n) is 6.41. The van der Waals surface area contributed by atoms with Gasteiger partial charge in [0.2, 0.25) is 0 Å². The van der Waals surface area contributed by atoms with Gasteiger partial charge in [-0.15, -0.1) is 15.3 Å². The number of nitrogen functional groups attached to an aromatic ring is 1. The molecule has 5 aromatic rings. The molecule has 20 heteroatoms. The van der Waals surface area contributed by atoms with Crippen LogP contribution in [0.25, 0.3) is 21.5 Å². The van der Waals surface area contributed by atoms with Crippen LogP contribution in [0.2, 0.25) is 5.02 Å². The van der Waals surface area contributed by atoms with Crippen LogP contribution in [0.1, 0.15) is 0 Å². The summed E-state index contributed by atoms with van der Waals surface area (Å²) in [6.45, 7) is 0. The van der Waals surface area contributed by atoms with Gasteiger partial charge in [0.05, 0.1) is 16.4 Å². The molecule has 0 heterocycles. The number of phenolic OH excluding ortho intramolecular Hbond substituents is 2. The molecule has 0 aliphatic rings. The van der Waals surface area contributed by atoms with Crippen molar-refractivity contribution in [3.63, 3.8) is 0 Å². The first-order valence-corrected chi connectivity index (χ1v) is 16.9. The van der Waals surface area contributed by atoms with Gasteiger partial charge in [0.25, 0.3) is 30.4 Å². The van der Waals surface area contributed by atoms with Crippen LogP contribution >= 0.6 is 11.6 Å². The molecule has 0 unspecified atom stereocenters. The minimum Gasteiger partial charge on any atom is -0.506 e. The Bertz CT molecular complexity index is 2510. The maximum Gasteiger partial charge on any atom is 0.296 e. The largest absolute Gasteiger partial charge is 0.506 e. The summed E-state index contributed by atoms with van der Waals surface area (Å²) in [5.41, 5.74) is 4.25. The minimum absolute atomic E-state index is 0.145. The van der Waals surface area contributed by atoms with Crippen LogP contribution in [0, 0.1) is 0 Å². The van der Waals surface area contributed by atoms with Gasteiger partial charge in [-0.25, -0.2) is 0 Å². The summed E-state index contributed by atoms with van der Waals surface area (Å²) >= 11 is 6.26. The van der Waals surface area contributed by atoms with Crippen molar-refractivity contribution >= 4 is 91.9 Å².